The topological polar surface area (TPSA) is 110 Å². The van der Waals surface area contributed by atoms with E-state index in [-0.39, 0.29) is 12.0 Å². The normalized spacial score (nSPS) is 17.4. The molecule has 0 bridgehead atoms. The van der Waals surface area contributed by atoms with E-state index in [0.29, 0.717) is 37.0 Å². The number of nitrogens with zero attached hydrogens (tertiary/aromatic N) is 4. The average Bonchev–Trinajstić information content (AvgIpc) is 3.13. The maximum absolute atomic E-state index is 13.8. The number of carbonyl (C=O) groups is 2. The minimum absolute atomic E-state index is 0.229. The van der Waals surface area contributed by atoms with Crippen molar-refractivity contribution in [3.8, 4) is 5.75 Å². The predicted molar refractivity (Wildman–Crippen MR) is 173 cm³/mol. The number of rotatable bonds is 2. The Morgan fingerprint density at radius 1 is 0.907 bits per heavy atom. The number of aromatic nitrogens is 1. The molecule has 2 aromatic rings. The van der Waals surface area contributed by atoms with Crippen molar-refractivity contribution in [2.45, 2.75) is 78.1 Å². The molecule has 0 unspecified atom stereocenters. The fraction of sp³-hybridized carbons (Fsp3) is 0.594. The van der Waals surface area contributed by atoms with Crippen LogP contribution in [0.4, 0.5) is 26.8 Å². The molecule has 0 saturated carbocycles. The standard InChI is InChI=1S/C31H42N4O5S.CH5N/c1-30(2,3)39-28(36)34-13-10-21(11-14-34)22-7-8-26-25(19-22)35(29(37)40-31(4,5)6)27-23(20-38-26)24(9-12-32-27)33-15-17-41-18-16-33;1-2/h7-9,12,19,21H,10-11,13-18,20H2,1-6H3;2H2,1H3. The SMILES string of the molecule is CC(C)(C)OC(=O)N1CCC(c2ccc3c(c2)N(C(=O)OC(C)(C)C)c2nccc(N4CCSCC4)c2CO3)CC1.CN. The van der Waals surface area contributed by atoms with E-state index in [1.165, 1.54) is 7.05 Å². The number of anilines is 3. The van der Waals surface area contributed by atoms with Crippen LogP contribution in [0, 0.1) is 0 Å². The van der Waals surface area contributed by atoms with Gasteiger partial charge in [0.2, 0.25) is 0 Å². The Morgan fingerprint density at radius 3 is 2.16 bits per heavy atom. The van der Waals surface area contributed by atoms with Gasteiger partial charge in [-0.1, -0.05) is 6.07 Å². The third-order valence-electron chi connectivity index (χ3n) is 7.36. The van der Waals surface area contributed by atoms with Crippen molar-refractivity contribution in [1.29, 1.82) is 0 Å². The van der Waals surface area contributed by atoms with E-state index in [9.17, 15) is 9.59 Å². The maximum atomic E-state index is 13.8. The van der Waals surface area contributed by atoms with Crippen LogP contribution in [-0.4, -0.2) is 78.0 Å². The lowest BCUT2D eigenvalue weighted by molar-refractivity contribution is 0.0204. The molecule has 1 aromatic carbocycles. The van der Waals surface area contributed by atoms with Crippen LogP contribution in [0.5, 0.6) is 5.75 Å². The Labute approximate surface area is 260 Å². The molecule has 236 valence electrons. The Kier molecular flexibility index (Phi) is 10.4. The van der Waals surface area contributed by atoms with Gasteiger partial charge in [-0.25, -0.2) is 19.5 Å². The highest BCUT2D eigenvalue weighted by molar-refractivity contribution is 7.99. The third-order valence-corrected chi connectivity index (χ3v) is 8.30. The number of amides is 2. The van der Waals surface area contributed by atoms with Crippen molar-refractivity contribution in [3.05, 3.63) is 41.6 Å². The molecule has 0 atom stereocenters. The molecule has 2 fully saturated rings. The van der Waals surface area contributed by atoms with Gasteiger partial charge in [0.15, 0.2) is 5.82 Å². The van der Waals surface area contributed by atoms with Gasteiger partial charge in [-0.2, -0.15) is 11.8 Å². The van der Waals surface area contributed by atoms with E-state index in [1.54, 1.807) is 16.0 Å². The first-order valence-electron chi connectivity index (χ1n) is 15.1. The molecule has 0 radical (unpaired) electrons. The fourth-order valence-corrected chi connectivity index (χ4v) is 6.37. The van der Waals surface area contributed by atoms with Gasteiger partial charge in [0.1, 0.15) is 23.6 Å². The van der Waals surface area contributed by atoms with Gasteiger partial charge in [-0.3, -0.25) is 0 Å². The summed E-state index contributed by atoms with van der Waals surface area (Å²) in [7, 11) is 1.50. The highest BCUT2D eigenvalue weighted by Crippen LogP contribution is 2.44. The fourth-order valence-electron chi connectivity index (χ4n) is 5.47. The second-order valence-corrected chi connectivity index (χ2v) is 14.0. The minimum atomic E-state index is -0.682. The number of carbonyl (C=O) groups excluding carboxylic acids is 2. The number of ether oxygens (including phenoxy) is 3. The van der Waals surface area contributed by atoms with E-state index < -0.39 is 17.3 Å². The molecule has 0 aliphatic carbocycles. The molecule has 5 rings (SSSR count). The Bertz CT molecular complexity index is 1280. The van der Waals surface area contributed by atoms with Crippen LogP contribution < -0.4 is 20.3 Å². The molecule has 2 N–H and O–H groups in total. The molecule has 2 saturated heterocycles. The van der Waals surface area contributed by atoms with Crippen molar-refractivity contribution < 1.29 is 23.8 Å². The van der Waals surface area contributed by atoms with Crippen LogP contribution >= 0.6 is 11.8 Å². The molecule has 3 aliphatic heterocycles. The molecule has 2 amide bonds. The van der Waals surface area contributed by atoms with Crippen molar-refractivity contribution in [1.82, 2.24) is 9.88 Å². The van der Waals surface area contributed by atoms with E-state index in [1.807, 2.05) is 71.5 Å². The smallest absolute Gasteiger partial charge is 0.420 e. The number of hydrogen-bond acceptors (Lipinski definition) is 9. The number of likely N-dealkylation sites (tertiary alicyclic amines) is 1. The zero-order valence-electron chi connectivity index (χ0n) is 26.6. The van der Waals surface area contributed by atoms with E-state index in [2.05, 4.69) is 16.7 Å². The Morgan fingerprint density at radius 2 is 1.53 bits per heavy atom. The number of thioether (sulfide) groups is 1. The third kappa shape index (κ3) is 8.06. The molecular weight excluding hydrogens is 566 g/mol. The number of fused-ring (bicyclic) bond motifs is 2. The lowest BCUT2D eigenvalue weighted by Crippen LogP contribution is -2.41. The lowest BCUT2D eigenvalue weighted by atomic mass is 9.89. The maximum Gasteiger partial charge on any atom is 0.420 e. The summed E-state index contributed by atoms with van der Waals surface area (Å²) in [5, 5.41) is 0. The highest BCUT2D eigenvalue weighted by atomic mass is 32.2. The van der Waals surface area contributed by atoms with Gasteiger partial charge in [0.25, 0.3) is 0 Å². The van der Waals surface area contributed by atoms with E-state index in [0.717, 1.165) is 54.3 Å². The number of pyridine rings is 1. The summed E-state index contributed by atoms with van der Waals surface area (Å²) in [5.41, 5.74) is 6.95. The molecule has 0 spiro atoms. The lowest BCUT2D eigenvalue weighted by Gasteiger charge is -2.34. The number of piperidine rings is 1. The number of hydrogen-bond donors (Lipinski definition) is 1. The second kappa shape index (κ2) is 13.6. The monoisotopic (exact) mass is 613 g/mol. The van der Waals surface area contributed by atoms with Crippen LogP contribution in [0.15, 0.2) is 30.5 Å². The molecular formula is C32H47N5O5S. The summed E-state index contributed by atoms with van der Waals surface area (Å²) in [4.78, 5) is 36.9. The van der Waals surface area contributed by atoms with Crippen molar-refractivity contribution in [2.24, 2.45) is 5.73 Å². The minimum Gasteiger partial charge on any atom is -0.486 e. The highest BCUT2D eigenvalue weighted by Gasteiger charge is 2.35. The van der Waals surface area contributed by atoms with Crippen LogP contribution in [0.3, 0.4) is 0 Å². The molecule has 10 nitrogen and oxygen atoms in total. The zero-order valence-corrected chi connectivity index (χ0v) is 27.5. The Balaban J connectivity index is 0.00000207. The van der Waals surface area contributed by atoms with Gasteiger partial charge < -0.3 is 29.7 Å². The Hall–Kier alpha value is -3.18. The molecule has 11 heteroatoms. The number of nitrogens with two attached hydrogens (primary N) is 1. The quantitative estimate of drug-likeness (QED) is 0.418. The molecule has 43 heavy (non-hydrogen) atoms. The summed E-state index contributed by atoms with van der Waals surface area (Å²) in [6, 6.07) is 8.08. The van der Waals surface area contributed by atoms with Gasteiger partial charge in [0.05, 0.1) is 11.3 Å². The summed E-state index contributed by atoms with van der Waals surface area (Å²) >= 11 is 1.95. The van der Waals surface area contributed by atoms with Gasteiger partial charge in [-0.15, -0.1) is 0 Å². The van der Waals surface area contributed by atoms with Crippen LogP contribution in [0.25, 0.3) is 0 Å². The molecule has 3 aliphatic rings. The van der Waals surface area contributed by atoms with Gasteiger partial charge in [0, 0.05) is 49.6 Å². The molecule has 4 heterocycles. The summed E-state index contributed by atoms with van der Waals surface area (Å²) in [5.74, 6) is 3.51. The summed E-state index contributed by atoms with van der Waals surface area (Å²) in [6.07, 6.45) is 2.62. The van der Waals surface area contributed by atoms with Crippen molar-refractivity contribution >= 4 is 41.1 Å². The summed E-state index contributed by atoms with van der Waals surface area (Å²) < 4.78 is 17.9. The van der Waals surface area contributed by atoms with Crippen LogP contribution in [0.1, 0.15) is 71.4 Å². The predicted octanol–water partition coefficient (Wildman–Crippen LogP) is 6.29. The number of benzene rings is 1. The van der Waals surface area contributed by atoms with Gasteiger partial charge in [-0.05, 0) is 91.1 Å². The zero-order chi connectivity index (χ0) is 31.4. The largest absolute Gasteiger partial charge is 0.486 e. The van der Waals surface area contributed by atoms with Crippen molar-refractivity contribution in [2.75, 3.05) is 54.5 Å². The average molecular weight is 614 g/mol. The first kappa shape index (κ1) is 32.7. The van der Waals surface area contributed by atoms with Crippen molar-refractivity contribution in [3.63, 3.8) is 0 Å². The molecule has 1 aromatic heterocycles. The first-order chi connectivity index (χ1) is 20.4. The first-order valence-corrected chi connectivity index (χ1v) is 16.2. The van der Waals surface area contributed by atoms with E-state index >= 15 is 0 Å². The van der Waals surface area contributed by atoms with Gasteiger partial charge >= 0.3 is 12.2 Å². The van der Waals surface area contributed by atoms with Crippen LogP contribution in [-0.2, 0) is 16.1 Å². The second-order valence-electron chi connectivity index (χ2n) is 12.8. The van der Waals surface area contributed by atoms with E-state index in [4.69, 9.17) is 19.2 Å². The van der Waals surface area contributed by atoms with Crippen LogP contribution in [0.2, 0.25) is 0 Å². The summed E-state index contributed by atoms with van der Waals surface area (Å²) in [6.45, 7) is 14.7.